The number of fused-ring (bicyclic) bond motifs is 2. The van der Waals surface area contributed by atoms with E-state index < -0.39 is 24.3 Å². The molecule has 17 heteroatoms. The molecule has 15 nitrogen and oxygen atoms in total. The topological polar surface area (TPSA) is 184 Å². The van der Waals surface area contributed by atoms with Crippen molar-refractivity contribution in [3.05, 3.63) is 35.4 Å². The number of carbonyl (C=O) groups excluding carboxylic acids is 4. The molecule has 7 rings (SSSR count). The number of ether oxygens (including phenoxy) is 2. The van der Waals surface area contributed by atoms with E-state index in [1.54, 1.807) is 33.8 Å². The van der Waals surface area contributed by atoms with Gasteiger partial charge in [0.05, 0.1) is 58.6 Å². The summed E-state index contributed by atoms with van der Waals surface area (Å²) in [4.78, 5) is 77.5. The molecule has 2 fully saturated rings. The summed E-state index contributed by atoms with van der Waals surface area (Å²) in [6.45, 7) is 8.80. The molecule has 54 heavy (non-hydrogen) atoms. The first kappa shape index (κ1) is 37.4. The Morgan fingerprint density at radius 2 is 1.35 bits per heavy atom. The fourth-order valence-electron chi connectivity index (χ4n) is 7.45. The molecule has 0 aliphatic carbocycles. The minimum atomic E-state index is -0.701. The van der Waals surface area contributed by atoms with E-state index in [-0.39, 0.29) is 35.7 Å². The van der Waals surface area contributed by atoms with E-state index in [1.807, 2.05) is 38.8 Å². The first-order valence-electron chi connectivity index (χ1n) is 18.3. The predicted molar refractivity (Wildman–Crippen MR) is 207 cm³/mol. The van der Waals surface area contributed by atoms with Crippen molar-refractivity contribution in [3.63, 3.8) is 0 Å². The first-order valence-corrected chi connectivity index (χ1v) is 19.9. The van der Waals surface area contributed by atoms with Crippen LogP contribution < -0.4 is 10.6 Å². The van der Waals surface area contributed by atoms with Crippen molar-refractivity contribution in [1.29, 1.82) is 0 Å². The van der Waals surface area contributed by atoms with Crippen LogP contribution in [0.5, 0.6) is 0 Å². The molecule has 3 aromatic heterocycles. The Kier molecular flexibility index (Phi) is 10.7. The summed E-state index contributed by atoms with van der Waals surface area (Å²) in [7, 11) is 2.58. The molecule has 4 amide bonds. The van der Waals surface area contributed by atoms with Crippen LogP contribution in [0, 0.1) is 11.8 Å². The Labute approximate surface area is 320 Å². The Morgan fingerprint density at radius 1 is 0.815 bits per heavy atom. The zero-order valence-corrected chi connectivity index (χ0v) is 32.8. The van der Waals surface area contributed by atoms with Crippen LogP contribution in [-0.4, -0.2) is 105 Å². The second-order valence-corrected chi connectivity index (χ2v) is 16.6. The van der Waals surface area contributed by atoms with Crippen molar-refractivity contribution in [1.82, 2.24) is 40.4 Å². The summed E-state index contributed by atoms with van der Waals surface area (Å²) in [5.41, 5.74) is 4.46. The van der Waals surface area contributed by atoms with E-state index in [9.17, 15) is 19.2 Å². The quantitative estimate of drug-likeness (QED) is 0.177. The maximum atomic E-state index is 13.6. The molecule has 1 aromatic carbocycles. The van der Waals surface area contributed by atoms with Gasteiger partial charge in [-0.3, -0.25) is 14.6 Å². The molecule has 0 bridgehead atoms. The standard InChI is InChI=1S/C37H45N9O6S2/c1-18(2)29(43-36(49)51-5)34(47)45-11-7-9-25(45)21-13-20(16-38-21)32-41-22-14-28-23(15-27(22)53-32)42-33(54-28)24-17-39-31(40-24)26-10-8-12-46(26)35(48)30(19(3)4)44-37(50)52-6/h14-19,25-26,29-30H,7-13H2,1-6H3,(H,39,40)(H,43,49)(H,44,50)/t25-,26-,29+,30+/m0/s1. The molecule has 0 saturated carbocycles. The van der Waals surface area contributed by atoms with E-state index in [0.29, 0.717) is 25.3 Å². The van der Waals surface area contributed by atoms with Gasteiger partial charge in [-0.1, -0.05) is 27.7 Å². The number of H-pyrrole nitrogens is 1. The highest BCUT2D eigenvalue weighted by molar-refractivity contribution is 7.22. The third-order valence-electron chi connectivity index (χ3n) is 10.3. The lowest BCUT2D eigenvalue weighted by Crippen LogP contribution is -2.53. The number of imidazole rings is 1. The molecule has 0 unspecified atom stereocenters. The number of aromatic nitrogens is 4. The van der Waals surface area contributed by atoms with Crippen LogP contribution in [0.4, 0.5) is 9.59 Å². The highest BCUT2D eigenvalue weighted by atomic mass is 32.1. The third kappa shape index (κ3) is 7.30. The summed E-state index contributed by atoms with van der Waals surface area (Å²) in [5, 5.41) is 7.08. The van der Waals surface area contributed by atoms with E-state index in [0.717, 1.165) is 73.1 Å². The summed E-state index contributed by atoms with van der Waals surface area (Å²) >= 11 is 3.14. The number of likely N-dealkylation sites (tertiary alicyclic amines) is 2. The molecular formula is C37H45N9O6S2. The minimum absolute atomic E-state index is 0.0982. The van der Waals surface area contributed by atoms with Gasteiger partial charge in [-0.05, 0) is 49.7 Å². The lowest BCUT2D eigenvalue weighted by atomic mass is 10.00. The van der Waals surface area contributed by atoms with Crippen LogP contribution in [0.3, 0.4) is 0 Å². The average molecular weight is 776 g/mol. The molecule has 3 N–H and O–H groups in total. The van der Waals surface area contributed by atoms with Crippen molar-refractivity contribution in [3.8, 4) is 10.7 Å². The van der Waals surface area contributed by atoms with Gasteiger partial charge in [-0.15, -0.1) is 22.7 Å². The lowest BCUT2D eigenvalue weighted by Gasteiger charge is -2.31. The highest BCUT2D eigenvalue weighted by Gasteiger charge is 2.40. The largest absolute Gasteiger partial charge is 0.453 e. The molecule has 286 valence electrons. The van der Waals surface area contributed by atoms with Gasteiger partial charge in [0.25, 0.3) is 0 Å². The SMILES string of the molecule is COC(=O)N[C@@H](C(=O)N1CCC[C@H]1C1=NC=C(c2nc3cc4sc(-c5cnc([C@@H]6CCCN6C(=O)[C@H](NC(=O)OC)C(C)C)[nH]5)nc4cc3s2)C1)C(C)C. The lowest BCUT2D eigenvalue weighted by molar-refractivity contribution is -0.135. The monoisotopic (exact) mass is 775 g/mol. The normalized spacial score (nSPS) is 19.8. The molecule has 0 radical (unpaired) electrons. The molecule has 6 heterocycles. The number of carbonyl (C=O) groups is 4. The summed E-state index contributed by atoms with van der Waals surface area (Å²) < 4.78 is 11.5. The number of nitrogens with zero attached hydrogens (tertiary/aromatic N) is 6. The van der Waals surface area contributed by atoms with Crippen molar-refractivity contribution < 1.29 is 28.7 Å². The van der Waals surface area contributed by atoms with Crippen LogP contribution in [0.15, 0.2) is 29.5 Å². The highest BCUT2D eigenvalue weighted by Crippen LogP contribution is 2.39. The number of hydrogen-bond donors (Lipinski definition) is 3. The third-order valence-corrected chi connectivity index (χ3v) is 12.5. The fraction of sp³-hybridized carbons (Fsp3) is 0.514. The number of aliphatic imine (C=N–C) groups is 1. The Hall–Kier alpha value is -4.90. The zero-order valence-electron chi connectivity index (χ0n) is 31.2. The van der Waals surface area contributed by atoms with Crippen LogP contribution in [0.25, 0.3) is 36.7 Å². The smallest absolute Gasteiger partial charge is 0.407 e. The average Bonchev–Trinajstić information content (AvgIpc) is 4.00. The number of alkyl carbamates (subject to hydrolysis) is 2. The number of nitrogens with one attached hydrogen (secondary N) is 3. The van der Waals surface area contributed by atoms with Crippen LogP contribution in [0.2, 0.25) is 0 Å². The van der Waals surface area contributed by atoms with Crippen LogP contribution in [-0.2, 0) is 19.1 Å². The molecule has 3 aliphatic heterocycles. The minimum Gasteiger partial charge on any atom is -0.453 e. The molecule has 4 aromatic rings. The van der Waals surface area contributed by atoms with E-state index in [1.165, 1.54) is 14.2 Å². The Balaban J connectivity index is 1.03. The van der Waals surface area contributed by atoms with Gasteiger partial charge in [-0.2, -0.15) is 0 Å². The van der Waals surface area contributed by atoms with Gasteiger partial charge in [-0.25, -0.2) is 24.5 Å². The van der Waals surface area contributed by atoms with Crippen molar-refractivity contribution in [2.75, 3.05) is 27.3 Å². The molecule has 0 spiro atoms. The number of aromatic amines is 1. The Morgan fingerprint density at radius 3 is 1.93 bits per heavy atom. The van der Waals surface area contributed by atoms with Crippen LogP contribution in [0.1, 0.15) is 76.7 Å². The first-order chi connectivity index (χ1) is 25.9. The maximum Gasteiger partial charge on any atom is 0.407 e. The Bertz CT molecular complexity index is 2100. The van der Waals surface area contributed by atoms with Crippen molar-refractivity contribution in [2.24, 2.45) is 16.8 Å². The molecule has 4 atom stereocenters. The van der Waals surface area contributed by atoms with Crippen LogP contribution >= 0.6 is 22.7 Å². The number of rotatable bonds is 10. The summed E-state index contributed by atoms with van der Waals surface area (Å²) in [6.07, 6.45) is 6.27. The summed E-state index contributed by atoms with van der Waals surface area (Å²) in [6, 6.07) is 2.39. The van der Waals surface area contributed by atoms with Gasteiger partial charge in [0.1, 0.15) is 27.9 Å². The number of methoxy groups -OCH3 is 2. The zero-order chi connectivity index (χ0) is 38.3. The molecule has 2 saturated heterocycles. The number of allylic oxidation sites excluding steroid dienone is 1. The number of benzene rings is 1. The fourth-order valence-corrected chi connectivity index (χ4v) is 9.38. The van der Waals surface area contributed by atoms with Crippen molar-refractivity contribution in [2.45, 2.75) is 84.0 Å². The van der Waals surface area contributed by atoms with Gasteiger partial charge in [0.15, 0.2) is 0 Å². The van der Waals surface area contributed by atoms with Gasteiger partial charge < -0.3 is 34.9 Å². The van der Waals surface area contributed by atoms with E-state index >= 15 is 0 Å². The predicted octanol–water partition coefficient (Wildman–Crippen LogP) is 5.90. The number of amides is 4. The van der Waals surface area contributed by atoms with E-state index in [4.69, 9.17) is 24.4 Å². The summed E-state index contributed by atoms with van der Waals surface area (Å²) in [5.74, 6) is 0.207. The number of hydrogen-bond acceptors (Lipinski definition) is 12. The second kappa shape index (κ2) is 15.5. The second-order valence-electron chi connectivity index (χ2n) is 14.6. The maximum absolute atomic E-state index is 13.6. The van der Waals surface area contributed by atoms with E-state index in [2.05, 4.69) is 32.7 Å². The number of thiazole rings is 2. The van der Waals surface area contributed by atoms with Crippen molar-refractivity contribution >= 4 is 78.4 Å². The molecular weight excluding hydrogens is 731 g/mol. The van der Waals surface area contributed by atoms with Gasteiger partial charge in [0, 0.05) is 37.0 Å². The molecule has 3 aliphatic rings. The van der Waals surface area contributed by atoms with Gasteiger partial charge >= 0.3 is 12.2 Å². The van der Waals surface area contributed by atoms with Gasteiger partial charge in [0.2, 0.25) is 11.8 Å².